The summed E-state index contributed by atoms with van der Waals surface area (Å²) in [5.41, 5.74) is 4.69. The van der Waals surface area contributed by atoms with Gasteiger partial charge < -0.3 is 5.32 Å². The van der Waals surface area contributed by atoms with Gasteiger partial charge in [-0.3, -0.25) is 9.58 Å². The number of aromatic nitrogens is 4. The zero-order chi connectivity index (χ0) is 19.0. The number of benzene rings is 1. The minimum Gasteiger partial charge on any atom is -0.369 e. The highest BCUT2D eigenvalue weighted by molar-refractivity contribution is 5.89. The molecule has 6 nitrogen and oxygen atoms in total. The van der Waals surface area contributed by atoms with Crippen molar-refractivity contribution in [1.29, 1.82) is 0 Å². The molecular formula is C21H28N6. The Morgan fingerprint density at radius 3 is 2.78 bits per heavy atom. The number of aryl methyl sites for hydroxylation is 4. The Hall–Kier alpha value is -2.47. The van der Waals surface area contributed by atoms with Crippen LogP contribution in [0.5, 0.6) is 0 Å². The minimum absolute atomic E-state index is 0.635. The number of anilines is 1. The molecule has 0 radical (unpaired) electrons. The molecule has 0 aliphatic carbocycles. The summed E-state index contributed by atoms with van der Waals surface area (Å²) in [6, 6.07) is 8.69. The molecule has 1 fully saturated rings. The molecule has 6 heteroatoms. The number of hydrogen-bond donors (Lipinski definition) is 1. The Labute approximate surface area is 160 Å². The molecule has 1 aromatic carbocycles. The summed E-state index contributed by atoms with van der Waals surface area (Å²) in [5.74, 6) is 2.33. The third-order valence-corrected chi connectivity index (χ3v) is 5.55. The van der Waals surface area contributed by atoms with Gasteiger partial charge in [0.2, 0.25) is 0 Å². The fourth-order valence-corrected chi connectivity index (χ4v) is 4.07. The smallest absolute Gasteiger partial charge is 0.163 e. The second-order valence-corrected chi connectivity index (χ2v) is 7.72. The molecule has 27 heavy (non-hydrogen) atoms. The molecule has 1 saturated heterocycles. The van der Waals surface area contributed by atoms with Gasteiger partial charge in [-0.1, -0.05) is 24.3 Å². The van der Waals surface area contributed by atoms with Crippen molar-refractivity contribution in [2.75, 3.05) is 25.0 Å². The lowest BCUT2D eigenvalue weighted by atomic mass is 10.1. The molecule has 4 rings (SSSR count). The monoisotopic (exact) mass is 364 g/mol. The van der Waals surface area contributed by atoms with E-state index in [0.29, 0.717) is 5.92 Å². The van der Waals surface area contributed by atoms with Crippen molar-refractivity contribution in [3.05, 3.63) is 46.9 Å². The summed E-state index contributed by atoms with van der Waals surface area (Å²) in [6.07, 6.45) is 1.22. The highest BCUT2D eigenvalue weighted by atomic mass is 15.3. The lowest BCUT2D eigenvalue weighted by Crippen LogP contribution is -2.23. The summed E-state index contributed by atoms with van der Waals surface area (Å²) in [5, 5.41) is 9.13. The second kappa shape index (κ2) is 7.27. The normalized spacial score (nSPS) is 17.7. The molecule has 1 aliphatic rings. The number of nitrogens with zero attached hydrogens (tertiary/aromatic N) is 5. The third-order valence-electron chi connectivity index (χ3n) is 5.55. The van der Waals surface area contributed by atoms with Crippen LogP contribution >= 0.6 is 0 Å². The molecule has 1 aliphatic heterocycles. The van der Waals surface area contributed by atoms with Crippen molar-refractivity contribution < 1.29 is 0 Å². The van der Waals surface area contributed by atoms with Crippen LogP contribution in [0.2, 0.25) is 0 Å². The maximum atomic E-state index is 4.65. The molecule has 1 atom stereocenters. The van der Waals surface area contributed by atoms with E-state index in [1.165, 1.54) is 17.5 Å². The molecule has 0 saturated carbocycles. The van der Waals surface area contributed by atoms with Gasteiger partial charge in [-0.15, -0.1) is 0 Å². The summed E-state index contributed by atoms with van der Waals surface area (Å²) in [6.45, 7) is 10.4. The largest absolute Gasteiger partial charge is 0.369 e. The quantitative estimate of drug-likeness (QED) is 0.753. The molecule has 0 bridgehead atoms. The maximum Gasteiger partial charge on any atom is 0.163 e. The van der Waals surface area contributed by atoms with Crippen LogP contribution in [0.4, 0.5) is 5.82 Å². The van der Waals surface area contributed by atoms with Gasteiger partial charge in [0.25, 0.3) is 0 Å². The zero-order valence-electron chi connectivity index (χ0n) is 16.7. The zero-order valence-corrected chi connectivity index (χ0v) is 16.7. The van der Waals surface area contributed by atoms with Gasteiger partial charge in [0.1, 0.15) is 11.6 Å². The Kier molecular flexibility index (Phi) is 4.83. The third kappa shape index (κ3) is 3.67. The Morgan fingerprint density at radius 2 is 1.96 bits per heavy atom. The summed E-state index contributed by atoms with van der Waals surface area (Å²) < 4.78 is 1.84. The molecule has 3 heterocycles. The summed E-state index contributed by atoms with van der Waals surface area (Å²) in [4.78, 5) is 11.8. The first-order chi connectivity index (χ1) is 13.0. The molecule has 0 amide bonds. The van der Waals surface area contributed by atoms with Crippen LogP contribution in [-0.4, -0.2) is 44.3 Å². The van der Waals surface area contributed by atoms with Gasteiger partial charge >= 0.3 is 0 Å². The number of nitrogens with one attached hydrogen (secondary N) is 1. The summed E-state index contributed by atoms with van der Waals surface area (Å²) in [7, 11) is 1.94. The first kappa shape index (κ1) is 17.9. The molecule has 2 aromatic heterocycles. The van der Waals surface area contributed by atoms with Crippen LogP contribution in [0.3, 0.4) is 0 Å². The van der Waals surface area contributed by atoms with Crippen molar-refractivity contribution in [3.8, 4) is 0 Å². The van der Waals surface area contributed by atoms with E-state index in [9.17, 15) is 0 Å². The molecule has 142 valence electrons. The highest BCUT2D eigenvalue weighted by Gasteiger charge is 2.23. The Morgan fingerprint density at radius 1 is 1.15 bits per heavy atom. The second-order valence-electron chi connectivity index (χ2n) is 7.72. The first-order valence-electron chi connectivity index (χ1n) is 9.70. The number of likely N-dealkylation sites (tertiary alicyclic amines) is 1. The number of rotatable bonds is 5. The maximum absolute atomic E-state index is 4.65. The van der Waals surface area contributed by atoms with E-state index in [0.717, 1.165) is 54.5 Å². The van der Waals surface area contributed by atoms with E-state index in [4.69, 9.17) is 0 Å². The lowest BCUT2D eigenvalue weighted by molar-refractivity contribution is 0.318. The average Bonchev–Trinajstić information content (AvgIpc) is 3.19. The van der Waals surface area contributed by atoms with Crippen LogP contribution in [-0.2, 0) is 13.6 Å². The van der Waals surface area contributed by atoms with Gasteiger partial charge in [-0.2, -0.15) is 5.10 Å². The summed E-state index contributed by atoms with van der Waals surface area (Å²) >= 11 is 0. The fourth-order valence-electron chi connectivity index (χ4n) is 4.07. The van der Waals surface area contributed by atoms with Gasteiger partial charge in [0.15, 0.2) is 5.65 Å². The number of hydrogen-bond acceptors (Lipinski definition) is 5. The van der Waals surface area contributed by atoms with Crippen LogP contribution in [0.25, 0.3) is 11.0 Å². The molecule has 1 N–H and O–H groups in total. The minimum atomic E-state index is 0.635. The number of fused-ring (bicyclic) bond motifs is 1. The van der Waals surface area contributed by atoms with Crippen molar-refractivity contribution >= 4 is 16.9 Å². The van der Waals surface area contributed by atoms with Crippen LogP contribution in [0.15, 0.2) is 24.3 Å². The topological polar surface area (TPSA) is 58.9 Å². The van der Waals surface area contributed by atoms with E-state index < -0.39 is 0 Å². The standard InChI is InChI=1S/C21H28N6/c1-14-7-5-6-8-18(14)13-27-10-9-17(12-27)11-22-20-19-15(2)25-26(4)21(19)24-16(3)23-20/h5-8,17H,9-13H2,1-4H3,(H,22,23,24). The highest BCUT2D eigenvalue weighted by Crippen LogP contribution is 2.25. The van der Waals surface area contributed by atoms with Crippen molar-refractivity contribution in [1.82, 2.24) is 24.6 Å². The van der Waals surface area contributed by atoms with E-state index in [1.54, 1.807) is 0 Å². The van der Waals surface area contributed by atoms with Crippen molar-refractivity contribution in [3.63, 3.8) is 0 Å². The van der Waals surface area contributed by atoms with Gasteiger partial charge in [-0.25, -0.2) is 9.97 Å². The predicted octanol–water partition coefficient (Wildman–Crippen LogP) is 3.22. The molecular weight excluding hydrogens is 336 g/mol. The molecule has 0 spiro atoms. The van der Waals surface area contributed by atoms with E-state index in [-0.39, 0.29) is 0 Å². The average molecular weight is 364 g/mol. The van der Waals surface area contributed by atoms with Crippen LogP contribution < -0.4 is 5.32 Å². The predicted molar refractivity (Wildman–Crippen MR) is 109 cm³/mol. The van der Waals surface area contributed by atoms with E-state index >= 15 is 0 Å². The van der Waals surface area contributed by atoms with Gasteiger partial charge in [0, 0.05) is 26.7 Å². The molecule has 3 aromatic rings. The van der Waals surface area contributed by atoms with Crippen molar-refractivity contribution in [2.24, 2.45) is 13.0 Å². The van der Waals surface area contributed by atoms with Crippen molar-refractivity contribution in [2.45, 2.75) is 33.7 Å². The van der Waals surface area contributed by atoms with Crippen LogP contribution in [0, 0.1) is 26.7 Å². The fraction of sp³-hybridized carbons (Fsp3) is 0.476. The molecule has 1 unspecified atom stereocenters. The van der Waals surface area contributed by atoms with E-state index in [1.807, 2.05) is 25.6 Å². The first-order valence-corrected chi connectivity index (χ1v) is 9.70. The van der Waals surface area contributed by atoms with Crippen LogP contribution in [0.1, 0.15) is 29.1 Å². The van der Waals surface area contributed by atoms with Gasteiger partial charge in [0.05, 0.1) is 11.1 Å². The Bertz CT molecular complexity index is 961. The SMILES string of the molecule is Cc1nc(NCC2CCN(Cc3ccccc3C)C2)c2c(C)nn(C)c2n1. The Balaban J connectivity index is 1.42. The van der Waals surface area contributed by atoms with E-state index in [2.05, 4.69) is 56.5 Å². The van der Waals surface area contributed by atoms with Gasteiger partial charge in [-0.05, 0) is 50.8 Å². The lowest BCUT2D eigenvalue weighted by Gasteiger charge is -2.18.